The lowest BCUT2D eigenvalue weighted by molar-refractivity contribution is -0.139. The number of ether oxygens (including phenoxy) is 2. The second-order valence-corrected chi connectivity index (χ2v) is 6.31. The fourth-order valence-corrected chi connectivity index (χ4v) is 3.28. The van der Waals surface area contributed by atoms with Crippen molar-refractivity contribution >= 4 is 11.9 Å². The van der Waals surface area contributed by atoms with Gasteiger partial charge in [-0.15, -0.1) is 0 Å². The molecule has 0 radical (unpaired) electrons. The average Bonchev–Trinajstić information content (AvgIpc) is 3.30. The van der Waals surface area contributed by atoms with E-state index in [0.717, 1.165) is 0 Å². The van der Waals surface area contributed by atoms with Crippen molar-refractivity contribution in [2.24, 2.45) is 0 Å². The SMILES string of the molecule is CCOC(=O)C1=C(O)C(=O)N(CCCn2ccnc2)[C@@H]1c1ccc(OC)cc1. The van der Waals surface area contributed by atoms with Gasteiger partial charge in [0.1, 0.15) is 11.3 Å². The van der Waals surface area contributed by atoms with Gasteiger partial charge in [-0.05, 0) is 31.0 Å². The van der Waals surface area contributed by atoms with Gasteiger partial charge < -0.3 is 24.0 Å². The fraction of sp³-hybridized carbons (Fsp3) is 0.350. The van der Waals surface area contributed by atoms with Crippen LogP contribution in [0, 0.1) is 0 Å². The van der Waals surface area contributed by atoms with Gasteiger partial charge in [-0.3, -0.25) is 4.79 Å². The third kappa shape index (κ3) is 3.85. The van der Waals surface area contributed by atoms with Gasteiger partial charge >= 0.3 is 5.97 Å². The normalized spacial score (nSPS) is 16.6. The van der Waals surface area contributed by atoms with Crippen LogP contribution < -0.4 is 4.74 Å². The van der Waals surface area contributed by atoms with Gasteiger partial charge in [0.05, 0.1) is 26.1 Å². The van der Waals surface area contributed by atoms with Crippen molar-refractivity contribution in [3.8, 4) is 5.75 Å². The number of aliphatic hydroxyl groups is 1. The molecular weight excluding hydrogens is 362 g/mol. The smallest absolute Gasteiger partial charge is 0.340 e. The summed E-state index contributed by atoms with van der Waals surface area (Å²) < 4.78 is 12.2. The van der Waals surface area contributed by atoms with Crippen LogP contribution in [-0.4, -0.2) is 51.7 Å². The maximum atomic E-state index is 12.7. The van der Waals surface area contributed by atoms with Gasteiger partial charge in [-0.25, -0.2) is 9.78 Å². The van der Waals surface area contributed by atoms with E-state index in [4.69, 9.17) is 9.47 Å². The highest BCUT2D eigenvalue weighted by Crippen LogP contribution is 2.38. The van der Waals surface area contributed by atoms with Crippen LogP contribution in [-0.2, 0) is 20.9 Å². The summed E-state index contributed by atoms with van der Waals surface area (Å²) in [4.78, 5) is 30.6. The number of esters is 1. The van der Waals surface area contributed by atoms with Crippen LogP contribution in [0.3, 0.4) is 0 Å². The molecule has 0 unspecified atom stereocenters. The van der Waals surface area contributed by atoms with Gasteiger partial charge in [0, 0.05) is 25.5 Å². The molecule has 2 aromatic rings. The minimum Gasteiger partial charge on any atom is -0.503 e. The summed E-state index contributed by atoms with van der Waals surface area (Å²) in [6, 6.07) is 6.35. The zero-order valence-corrected chi connectivity index (χ0v) is 15.9. The number of benzene rings is 1. The summed E-state index contributed by atoms with van der Waals surface area (Å²) in [5.74, 6) is -1.16. The number of carbonyl (C=O) groups excluding carboxylic acids is 2. The molecule has 3 rings (SSSR count). The van der Waals surface area contributed by atoms with Crippen LogP contribution in [0.2, 0.25) is 0 Å². The zero-order chi connectivity index (χ0) is 20.1. The Morgan fingerprint density at radius 3 is 2.61 bits per heavy atom. The molecule has 8 nitrogen and oxygen atoms in total. The van der Waals surface area contributed by atoms with Gasteiger partial charge in [-0.2, -0.15) is 0 Å². The summed E-state index contributed by atoms with van der Waals surface area (Å²) in [6.07, 6.45) is 5.87. The van der Waals surface area contributed by atoms with E-state index >= 15 is 0 Å². The molecule has 2 heterocycles. The van der Waals surface area contributed by atoms with E-state index in [9.17, 15) is 14.7 Å². The van der Waals surface area contributed by atoms with Crippen LogP contribution in [0.4, 0.5) is 0 Å². The Balaban J connectivity index is 1.87. The molecule has 1 N–H and O–H groups in total. The Bertz CT molecular complexity index is 858. The summed E-state index contributed by atoms with van der Waals surface area (Å²) in [7, 11) is 1.56. The highest BCUT2D eigenvalue weighted by molar-refractivity contribution is 6.06. The predicted molar refractivity (Wildman–Crippen MR) is 101 cm³/mol. The third-order valence-electron chi connectivity index (χ3n) is 4.61. The topological polar surface area (TPSA) is 93.9 Å². The van der Waals surface area contributed by atoms with E-state index < -0.39 is 23.7 Å². The average molecular weight is 385 g/mol. The fourth-order valence-electron chi connectivity index (χ4n) is 3.28. The summed E-state index contributed by atoms with van der Waals surface area (Å²) in [5.41, 5.74) is 0.670. The van der Waals surface area contributed by atoms with Crippen LogP contribution in [0.5, 0.6) is 5.75 Å². The molecule has 0 aliphatic carbocycles. The molecular formula is C20H23N3O5. The highest BCUT2D eigenvalue weighted by atomic mass is 16.5. The lowest BCUT2D eigenvalue weighted by Crippen LogP contribution is -2.32. The van der Waals surface area contributed by atoms with E-state index in [2.05, 4.69) is 4.98 Å². The molecule has 1 aromatic carbocycles. The Kier molecular flexibility index (Phi) is 5.98. The van der Waals surface area contributed by atoms with Gasteiger partial charge in [0.2, 0.25) is 0 Å². The number of aryl methyl sites for hydroxylation is 1. The van der Waals surface area contributed by atoms with Crippen molar-refractivity contribution in [1.82, 2.24) is 14.5 Å². The monoisotopic (exact) mass is 385 g/mol. The largest absolute Gasteiger partial charge is 0.503 e. The summed E-state index contributed by atoms with van der Waals surface area (Å²) in [6.45, 7) is 2.85. The van der Waals surface area contributed by atoms with E-state index in [1.807, 2.05) is 10.8 Å². The van der Waals surface area contributed by atoms with Crippen LogP contribution in [0.25, 0.3) is 0 Å². The van der Waals surface area contributed by atoms with E-state index in [1.54, 1.807) is 50.8 Å². The minimum atomic E-state index is -0.708. The Labute approximate surface area is 163 Å². The van der Waals surface area contributed by atoms with Gasteiger partial charge in [-0.1, -0.05) is 12.1 Å². The maximum absolute atomic E-state index is 12.7. The number of hydrogen-bond acceptors (Lipinski definition) is 6. The van der Waals surface area contributed by atoms with Crippen LogP contribution in [0.15, 0.2) is 54.3 Å². The molecule has 0 fully saturated rings. The number of nitrogens with zero attached hydrogens (tertiary/aromatic N) is 3. The van der Waals surface area contributed by atoms with Crippen molar-refractivity contribution < 1.29 is 24.2 Å². The lowest BCUT2D eigenvalue weighted by atomic mass is 9.99. The molecule has 148 valence electrons. The Morgan fingerprint density at radius 2 is 2.00 bits per heavy atom. The molecule has 1 aliphatic heterocycles. The number of hydrogen-bond donors (Lipinski definition) is 1. The van der Waals surface area contributed by atoms with Gasteiger partial charge in [0.25, 0.3) is 5.91 Å². The van der Waals surface area contributed by atoms with Crippen molar-refractivity contribution in [2.75, 3.05) is 20.3 Å². The molecule has 1 aromatic heterocycles. The number of aliphatic hydroxyl groups excluding tert-OH is 1. The van der Waals surface area contributed by atoms with Crippen molar-refractivity contribution in [3.63, 3.8) is 0 Å². The van der Waals surface area contributed by atoms with E-state index in [1.165, 1.54) is 4.90 Å². The number of aromatic nitrogens is 2. The van der Waals surface area contributed by atoms with Crippen molar-refractivity contribution in [2.45, 2.75) is 25.9 Å². The first-order chi connectivity index (χ1) is 13.6. The Hall–Kier alpha value is -3.29. The molecule has 8 heteroatoms. The summed E-state index contributed by atoms with van der Waals surface area (Å²) in [5, 5.41) is 10.4. The minimum absolute atomic E-state index is 0.0281. The first kappa shape index (κ1) is 19.5. The first-order valence-electron chi connectivity index (χ1n) is 9.07. The molecule has 0 saturated carbocycles. The first-order valence-corrected chi connectivity index (χ1v) is 9.07. The number of amides is 1. The number of carbonyl (C=O) groups is 2. The van der Waals surface area contributed by atoms with Crippen LogP contribution >= 0.6 is 0 Å². The highest BCUT2D eigenvalue weighted by Gasteiger charge is 2.44. The zero-order valence-electron chi connectivity index (χ0n) is 15.9. The second-order valence-electron chi connectivity index (χ2n) is 6.31. The number of methoxy groups -OCH3 is 1. The number of imidazole rings is 1. The van der Waals surface area contributed by atoms with Crippen LogP contribution in [0.1, 0.15) is 24.9 Å². The lowest BCUT2D eigenvalue weighted by Gasteiger charge is -2.26. The summed E-state index contributed by atoms with van der Waals surface area (Å²) >= 11 is 0. The van der Waals surface area contributed by atoms with Gasteiger partial charge in [0.15, 0.2) is 5.76 Å². The Morgan fingerprint density at radius 1 is 1.25 bits per heavy atom. The number of rotatable bonds is 8. The van der Waals surface area contributed by atoms with E-state index in [0.29, 0.717) is 30.8 Å². The molecule has 1 amide bonds. The molecule has 1 atom stereocenters. The third-order valence-corrected chi connectivity index (χ3v) is 4.61. The van der Waals surface area contributed by atoms with Crippen molar-refractivity contribution in [1.29, 1.82) is 0 Å². The second kappa shape index (κ2) is 8.60. The quantitative estimate of drug-likeness (QED) is 0.701. The van der Waals surface area contributed by atoms with E-state index in [-0.39, 0.29) is 12.2 Å². The van der Waals surface area contributed by atoms with Crippen molar-refractivity contribution in [3.05, 3.63) is 59.9 Å². The predicted octanol–water partition coefficient (Wildman–Crippen LogP) is 2.24. The molecule has 0 bridgehead atoms. The molecule has 0 spiro atoms. The maximum Gasteiger partial charge on any atom is 0.340 e. The molecule has 0 saturated heterocycles. The molecule has 1 aliphatic rings. The molecule has 28 heavy (non-hydrogen) atoms. The standard InChI is InChI=1S/C20H23N3O5/c1-3-28-20(26)16-17(14-5-7-15(27-2)8-6-14)23(19(25)18(16)24)11-4-10-22-12-9-21-13-22/h5-9,12-13,17,24H,3-4,10-11H2,1-2H3/t17-/m1/s1.